The topological polar surface area (TPSA) is 0 Å². The molecule has 19 heavy (non-hydrogen) atoms. The van der Waals surface area contributed by atoms with E-state index in [0.717, 1.165) is 0 Å². The lowest BCUT2D eigenvalue weighted by atomic mass is 9.96. The minimum Gasteiger partial charge on any atom is -0.0616 e. The fourth-order valence-corrected chi connectivity index (χ4v) is 2.93. The molecule has 2 aromatic carbocycles. The van der Waals surface area contributed by atoms with E-state index < -0.39 is 0 Å². The smallest absolute Gasteiger partial charge is 0.00989 e. The summed E-state index contributed by atoms with van der Waals surface area (Å²) < 4.78 is 0. The number of hydrogen-bond donors (Lipinski definition) is 0. The number of benzene rings is 2. The van der Waals surface area contributed by atoms with Crippen LogP contribution in [-0.4, -0.2) is 0 Å². The highest BCUT2D eigenvalue weighted by Crippen LogP contribution is 2.40. The van der Waals surface area contributed by atoms with Crippen molar-refractivity contribution in [2.45, 2.75) is 6.92 Å². The summed E-state index contributed by atoms with van der Waals surface area (Å²) >= 11 is 0. The standard InChI is InChI=1S/C19H14/c1-13-6-7-15-9-11-18(19(15)12-13)17-10-8-14-4-2-3-5-16(14)17/h2-12H,1H3/b18-17-. The molecule has 4 rings (SSSR count). The highest BCUT2D eigenvalue weighted by atomic mass is 14.2. The normalized spacial score (nSPS) is 18.8. The van der Waals surface area contributed by atoms with Gasteiger partial charge in [-0.25, -0.2) is 0 Å². The maximum atomic E-state index is 2.28. The molecule has 0 atom stereocenters. The van der Waals surface area contributed by atoms with Gasteiger partial charge in [0, 0.05) is 0 Å². The lowest BCUT2D eigenvalue weighted by Crippen LogP contribution is -1.87. The molecule has 0 spiro atoms. The van der Waals surface area contributed by atoms with Gasteiger partial charge in [0.25, 0.3) is 0 Å². The summed E-state index contributed by atoms with van der Waals surface area (Å²) in [4.78, 5) is 0. The first-order valence-electron chi connectivity index (χ1n) is 6.64. The van der Waals surface area contributed by atoms with Crippen LogP contribution < -0.4 is 0 Å². The Morgan fingerprint density at radius 2 is 1.32 bits per heavy atom. The average Bonchev–Trinajstić information content (AvgIpc) is 3.01. The number of allylic oxidation sites excluding steroid dienone is 4. The van der Waals surface area contributed by atoms with Crippen molar-refractivity contribution in [3.63, 3.8) is 0 Å². The van der Waals surface area contributed by atoms with Crippen LogP contribution >= 0.6 is 0 Å². The number of hydrogen-bond acceptors (Lipinski definition) is 0. The number of aryl methyl sites for hydroxylation is 1. The lowest BCUT2D eigenvalue weighted by Gasteiger charge is -2.08. The molecule has 0 unspecified atom stereocenters. The van der Waals surface area contributed by atoms with Crippen LogP contribution in [0.4, 0.5) is 0 Å². The Morgan fingerprint density at radius 3 is 2.16 bits per heavy atom. The molecule has 0 nitrogen and oxygen atoms in total. The molecule has 0 heteroatoms. The Hall–Kier alpha value is -2.34. The third-order valence-corrected chi connectivity index (χ3v) is 3.90. The molecule has 90 valence electrons. The quantitative estimate of drug-likeness (QED) is 0.612. The Morgan fingerprint density at radius 1 is 0.632 bits per heavy atom. The first kappa shape index (κ1) is 10.6. The highest BCUT2D eigenvalue weighted by molar-refractivity contribution is 6.10. The largest absolute Gasteiger partial charge is 0.0616 e. The highest BCUT2D eigenvalue weighted by Gasteiger charge is 2.18. The second-order valence-electron chi connectivity index (χ2n) is 5.17. The first-order chi connectivity index (χ1) is 9.33. The fourth-order valence-electron chi connectivity index (χ4n) is 2.93. The molecule has 0 radical (unpaired) electrons. The maximum absolute atomic E-state index is 2.28. The summed E-state index contributed by atoms with van der Waals surface area (Å²) in [5.41, 5.74) is 9.35. The van der Waals surface area contributed by atoms with E-state index in [0.29, 0.717) is 0 Å². The van der Waals surface area contributed by atoms with E-state index in [2.05, 4.69) is 73.7 Å². The van der Waals surface area contributed by atoms with Crippen molar-refractivity contribution in [2.75, 3.05) is 0 Å². The van der Waals surface area contributed by atoms with Gasteiger partial charge in [0.05, 0.1) is 0 Å². The van der Waals surface area contributed by atoms with Gasteiger partial charge in [0.1, 0.15) is 0 Å². The van der Waals surface area contributed by atoms with Gasteiger partial charge in [0.2, 0.25) is 0 Å². The zero-order valence-electron chi connectivity index (χ0n) is 10.9. The van der Waals surface area contributed by atoms with Crippen LogP contribution in [0.25, 0.3) is 23.3 Å². The van der Waals surface area contributed by atoms with Gasteiger partial charge >= 0.3 is 0 Å². The molecule has 2 aliphatic rings. The van der Waals surface area contributed by atoms with Crippen LogP contribution in [0.3, 0.4) is 0 Å². The third-order valence-electron chi connectivity index (χ3n) is 3.90. The Labute approximate surface area is 113 Å². The van der Waals surface area contributed by atoms with Crippen molar-refractivity contribution in [2.24, 2.45) is 0 Å². The average molecular weight is 242 g/mol. The van der Waals surface area contributed by atoms with Crippen molar-refractivity contribution >= 4 is 23.3 Å². The predicted octanol–water partition coefficient (Wildman–Crippen LogP) is 4.96. The van der Waals surface area contributed by atoms with Crippen LogP contribution in [-0.2, 0) is 0 Å². The minimum absolute atomic E-state index is 1.32. The van der Waals surface area contributed by atoms with E-state index in [1.54, 1.807) is 0 Å². The number of rotatable bonds is 0. The van der Waals surface area contributed by atoms with Gasteiger partial charge in [0.15, 0.2) is 0 Å². The van der Waals surface area contributed by atoms with Crippen molar-refractivity contribution in [1.29, 1.82) is 0 Å². The Balaban J connectivity index is 1.98. The summed E-state index contributed by atoms with van der Waals surface area (Å²) in [7, 11) is 0. The molecule has 2 aliphatic carbocycles. The van der Waals surface area contributed by atoms with Crippen LogP contribution in [0.15, 0.2) is 54.6 Å². The maximum Gasteiger partial charge on any atom is -0.00989 e. The number of fused-ring (bicyclic) bond motifs is 2. The second kappa shape index (κ2) is 3.83. The fraction of sp³-hybridized carbons (Fsp3) is 0.0526. The molecule has 0 saturated carbocycles. The van der Waals surface area contributed by atoms with E-state index >= 15 is 0 Å². The SMILES string of the molecule is Cc1ccc2c(c1)/C(=C1/C=Cc3ccccc31)C=C2. The van der Waals surface area contributed by atoms with Gasteiger partial charge in [-0.05, 0) is 40.3 Å². The van der Waals surface area contributed by atoms with Crippen LogP contribution in [0.5, 0.6) is 0 Å². The van der Waals surface area contributed by atoms with Crippen LogP contribution in [0, 0.1) is 6.92 Å². The van der Waals surface area contributed by atoms with E-state index in [4.69, 9.17) is 0 Å². The van der Waals surface area contributed by atoms with Gasteiger partial charge in [-0.1, -0.05) is 72.3 Å². The van der Waals surface area contributed by atoms with Crippen molar-refractivity contribution < 1.29 is 0 Å². The molecule has 0 heterocycles. The monoisotopic (exact) mass is 242 g/mol. The Kier molecular flexibility index (Phi) is 2.13. The Bertz CT molecular complexity index is 770. The third kappa shape index (κ3) is 1.53. The molecule has 2 aromatic rings. The van der Waals surface area contributed by atoms with Gasteiger partial charge in [-0.3, -0.25) is 0 Å². The molecule has 0 aromatic heterocycles. The summed E-state index contributed by atoms with van der Waals surface area (Å²) in [5.74, 6) is 0. The van der Waals surface area contributed by atoms with Crippen LogP contribution in [0.2, 0.25) is 0 Å². The van der Waals surface area contributed by atoms with Crippen LogP contribution in [0.1, 0.15) is 27.8 Å². The van der Waals surface area contributed by atoms with Gasteiger partial charge < -0.3 is 0 Å². The van der Waals surface area contributed by atoms with Gasteiger partial charge in [-0.15, -0.1) is 0 Å². The van der Waals surface area contributed by atoms with Crippen molar-refractivity contribution in [3.8, 4) is 0 Å². The molecule has 0 amide bonds. The molecular weight excluding hydrogens is 228 g/mol. The molecule has 0 fully saturated rings. The summed E-state index contributed by atoms with van der Waals surface area (Å²) in [5, 5.41) is 0. The van der Waals surface area contributed by atoms with Gasteiger partial charge in [-0.2, -0.15) is 0 Å². The summed E-state index contributed by atoms with van der Waals surface area (Å²) in [6.45, 7) is 2.15. The zero-order valence-corrected chi connectivity index (χ0v) is 10.9. The molecular formula is C19H14. The molecule has 0 aliphatic heterocycles. The van der Waals surface area contributed by atoms with E-state index in [1.807, 2.05) is 0 Å². The second-order valence-corrected chi connectivity index (χ2v) is 5.17. The van der Waals surface area contributed by atoms with Crippen molar-refractivity contribution in [1.82, 2.24) is 0 Å². The molecule has 0 N–H and O–H groups in total. The minimum atomic E-state index is 1.32. The molecule has 0 saturated heterocycles. The predicted molar refractivity (Wildman–Crippen MR) is 82.5 cm³/mol. The van der Waals surface area contributed by atoms with E-state index in [9.17, 15) is 0 Å². The summed E-state index contributed by atoms with van der Waals surface area (Å²) in [6, 6.07) is 15.3. The van der Waals surface area contributed by atoms with Crippen molar-refractivity contribution in [3.05, 3.63) is 82.4 Å². The van der Waals surface area contributed by atoms with E-state index in [-0.39, 0.29) is 0 Å². The summed E-state index contributed by atoms with van der Waals surface area (Å²) in [6.07, 6.45) is 8.90. The van der Waals surface area contributed by atoms with E-state index in [1.165, 1.54) is 39.0 Å². The first-order valence-corrected chi connectivity index (χ1v) is 6.64. The zero-order chi connectivity index (χ0) is 12.8. The molecule has 0 bridgehead atoms. The lowest BCUT2D eigenvalue weighted by molar-refractivity contribution is 1.45.